The van der Waals surface area contributed by atoms with E-state index in [-0.39, 0.29) is 18.4 Å². The van der Waals surface area contributed by atoms with Crippen molar-refractivity contribution in [2.24, 2.45) is 0 Å². The summed E-state index contributed by atoms with van der Waals surface area (Å²) in [6, 6.07) is 19.5. The van der Waals surface area contributed by atoms with Crippen molar-refractivity contribution in [1.29, 1.82) is 0 Å². The van der Waals surface area contributed by atoms with E-state index in [4.69, 9.17) is 4.74 Å². The van der Waals surface area contributed by atoms with Gasteiger partial charge in [-0.05, 0) is 5.56 Å². The lowest BCUT2D eigenvalue weighted by Crippen LogP contribution is -2.43. The molecule has 2 N–H and O–H groups in total. The molecule has 2 aromatic carbocycles. The lowest BCUT2D eigenvalue weighted by Gasteiger charge is -2.26. The van der Waals surface area contributed by atoms with Crippen molar-refractivity contribution in [1.82, 2.24) is 25.3 Å². The molecule has 3 aromatic rings. The second kappa shape index (κ2) is 11.4. The van der Waals surface area contributed by atoms with Crippen LogP contribution in [0.25, 0.3) is 11.3 Å². The number of rotatable bonds is 9. The van der Waals surface area contributed by atoms with Crippen LogP contribution in [0.4, 0.5) is 0 Å². The number of morpholine rings is 1. The van der Waals surface area contributed by atoms with Crippen molar-refractivity contribution in [3.63, 3.8) is 0 Å². The molecule has 1 fully saturated rings. The van der Waals surface area contributed by atoms with Crippen LogP contribution in [0.2, 0.25) is 0 Å². The first-order chi connectivity index (χ1) is 16.2. The third-order valence-corrected chi connectivity index (χ3v) is 5.50. The summed E-state index contributed by atoms with van der Waals surface area (Å²) >= 11 is 0. The Kier molecular flexibility index (Phi) is 7.84. The van der Waals surface area contributed by atoms with E-state index < -0.39 is 0 Å². The molecule has 0 radical (unpaired) electrons. The fraction of sp³-hybridized carbons (Fsp3) is 0.320. The van der Waals surface area contributed by atoms with E-state index in [2.05, 4.69) is 20.6 Å². The Morgan fingerprint density at radius 3 is 2.36 bits per heavy atom. The van der Waals surface area contributed by atoms with Gasteiger partial charge in [0.15, 0.2) is 0 Å². The quantitative estimate of drug-likeness (QED) is 0.522. The number of carbonyl (C=O) groups is 2. The summed E-state index contributed by atoms with van der Waals surface area (Å²) in [5.41, 5.74) is 2.98. The highest BCUT2D eigenvalue weighted by molar-refractivity contribution is 6.01. The Morgan fingerprint density at radius 1 is 0.939 bits per heavy atom. The van der Waals surface area contributed by atoms with E-state index in [1.54, 1.807) is 10.9 Å². The normalized spacial score (nSPS) is 14.1. The van der Waals surface area contributed by atoms with E-state index in [0.717, 1.165) is 44.0 Å². The van der Waals surface area contributed by atoms with Crippen LogP contribution in [-0.4, -0.2) is 72.4 Å². The minimum absolute atomic E-state index is 0.0833. The van der Waals surface area contributed by atoms with E-state index in [1.165, 1.54) is 0 Å². The zero-order valence-corrected chi connectivity index (χ0v) is 18.6. The van der Waals surface area contributed by atoms with Crippen LogP contribution in [0.1, 0.15) is 15.9 Å². The van der Waals surface area contributed by atoms with Crippen molar-refractivity contribution < 1.29 is 14.3 Å². The number of ether oxygens (including phenoxy) is 1. The van der Waals surface area contributed by atoms with Crippen molar-refractivity contribution in [3.05, 3.63) is 78.0 Å². The first-order valence-electron chi connectivity index (χ1n) is 11.2. The lowest BCUT2D eigenvalue weighted by atomic mass is 10.1. The molecule has 1 aliphatic heterocycles. The van der Waals surface area contributed by atoms with Crippen LogP contribution in [-0.2, 0) is 16.1 Å². The van der Waals surface area contributed by atoms with E-state index in [9.17, 15) is 9.59 Å². The van der Waals surface area contributed by atoms with Gasteiger partial charge < -0.3 is 15.4 Å². The second-order valence-corrected chi connectivity index (χ2v) is 7.93. The molecule has 33 heavy (non-hydrogen) atoms. The number of hydrogen-bond donors (Lipinski definition) is 2. The minimum atomic E-state index is -0.323. The molecule has 1 aliphatic rings. The number of hydrogen-bond acceptors (Lipinski definition) is 5. The topological polar surface area (TPSA) is 88.5 Å². The fourth-order valence-corrected chi connectivity index (χ4v) is 3.74. The number of benzene rings is 2. The molecule has 0 unspecified atom stereocenters. The maximum Gasteiger partial charge on any atom is 0.255 e. The number of nitrogens with zero attached hydrogens (tertiary/aromatic N) is 3. The molecular formula is C25H29N5O3. The fourth-order valence-electron chi connectivity index (χ4n) is 3.74. The van der Waals surface area contributed by atoms with Gasteiger partial charge in [0.1, 0.15) is 5.69 Å². The summed E-state index contributed by atoms with van der Waals surface area (Å²) in [5.74, 6) is -0.536. The maximum atomic E-state index is 13.0. The third kappa shape index (κ3) is 6.50. The van der Waals surface area contributed by atoms with E-state index in [0.29, 0.717) is 24.3 Å². The average Bonchev–Trinajstić information content (AvgIpc) is 3.28. The summed E-state index contributed by atoms with van der Waals surface area (Å²) in [4.78, 5) is 27.4. The molecule has 1 saturated heterocycles. The van der Waals surface area contributed by atoms with Crippen LogP contribution in [0.5, 0.6) is 0 Å². The zero-order chi connectivity index (χ0) is 22.9. The monoisotopic (exact) mass is 447 g/mol. The Balaban J connectivity index is 1.37. The predicted molar refractivity (Wildman–Crippen MR) is 126 cm³/mol. The summed E-state index contributed by atoms with van der Waals surface area (Å²) in [6.07, 6.45) is 1.74. The van der Waals surface area contributed by atoms with Crippen molar-refractivity contribution in [2.45, 2.75) is 6.54 Å². The smallest absolute Gasteiger partial charge is 0.255 e. The molecule has 8 heteroatoms. The molecule has 1 aromatic heterocycles. The first kappa shape index (κ1) is 22.7. The van der Waals surface area contributed by atoms with Crippen molar-refractivity contribution in [2.75, 3.05) is 45.9 Å². The average molecular weight is 448 g/mol. The molecule has 8 nitrogen and oxygen atoms in total. The molecule has 2 heterocycles. The summed E-state index contributed by atoms with van der Waals surface area (Å²) in [7, 11) is 0. The zero-order valence-electron chi connectivity index (χ0n) is 18.6. The standard InChI is InChI=1S/C25H29N5O3/c31-23(26-11-12-29-13-15-33-16-14-29)17-27-25(32)22-19-30(18-20-7-3-1-4-8-20)28-24(22)21-9-5-2-6-10-21/h1-10,19H,11-18H2,(H,26,31)(H,27,32). The predicted octanol–water partition coefficient (Wildman–Crippen LogP) is 1.78. The third-order valence-electron chi connectivity index (χ3n) is 5.50. The summed E-state index contributed by atoms with van der Waals surface area (Å²) < 4.78 is 7.09. The van der Waals surface area contributed by atoms with Gasteiger partial charge in [0.2, 0.25) is 5.91 Å². The molecule has 2 amide bonds. The summed E-state index contributed by atoms with van der Waals surface area (Å²) in [6.45, 7) is 4.99. The second-order valence-electron chi connectivity index (χ2n) is 7.93. The largest absolute Gasteiger partial charge is 0.379 e. The van der Waals surface area contributed by atoms with Gasteiger partial charge in [0.25, 0.3) is 5.91 Å². The van der Waals surface area contributed by atoms with Crippen molar-refractivity contribution >= 4 is 11.8 Å². The molecule has 0 bridgehead atoms. The number of amides is 2. The van der Waals surface area contributed by atoms with Gasteiger partial charge in [-0.2, -0.15) is 5.10 Å². The highest BCUT2D eigenvalue weighted by Crippen LogP contribution is 2.22. The van der Waals surface area contributed by atoms with Gasteiger partial charge in [-0.1, -0.05) is 60.7 Å². The van der Waals surface area contributed by atoms with Gasteiger partial charge >= 0.3 is 0 Å². The Morgan fingerprint density at radius 2 is 1.64 bits per heavy atom. The van der Waals surface area contributed by atoms with E-state index >= 15 is 0 Å². The molecule has 0 aliphatic carbocycles. The van der Waals surface area contributed by atoms with Gasteiger partial charge in [-0.3, -0.25) is 19.2 Å². The highest BCUT2D eigenvalue weighted by atomic mass is 16.5. The maximum absolute atomic E-state index is 13.0. The number of nitrogens with one attached hydrogen (secondary N) is 2. The van der Waals surface area contributed by atoms with Crippen LogP contribution < -0.4 is 10.6 Å². The first-order valence-corrected chi connectivity index (χ1v) is 11.2. The Bertz CT molecular complexity index is 1050. The molecule has 172 valence electrons. The van der Waals surface area contributed by atoms with Gasteiger partial charge in [0.05, 0.1) is 31.9 Å². The molecule has 0 atom stereocenters. The SMILES string of the molecule is O=C(CNC(=O)c1cn(Cc2ccccc2)nc1-c1ccccc1)NCCN1CCOCC1. The summed E-state index contributed by atoms with van der Waals surface area (Å²) in [5, 5.41) is 10.3. The molecule has 0 saturated carbocycles. The number of carbonyl (C=O) groups excluding carboxylic acids is 2. The lowest BCUT2D eigenvalue weighted by molar-refractivity contribution is -0.120. The van der Waals surface area contributed by atoms with Crippen molar-refractivity contribution in [3.8, 4) is 11.3 Å². The van der Waals surface area contributed by atoms with Gasteiger partial charge in [-0.25, -0.2) is 0 Å². The van der Waals surface area contributed by atoms with E-state index in [1.807, 2.05) is 60.7 Å². The van der Waals surface area contributed by atoms with Gasteiger partial charge in [-0.15, -0.1) is 0 Å². The Hall–Kier alpha value is -3.49. The minimum Gasteiger partial charge on any atom is -0.379 e. The Labute approximate surface area is 193 Å². The molecular weight excluding hydrogens is 418 g/mol. The van der Waals surface area contributed by atoms with Crippen LogP contribution in [0.15, 0.2) is 66.9 Å². The van der Waals surface area contributed by atoms with Gasteiger partial charge in [0, 0.05) is 37.9 Å². The van der Waals surface area contributed by atoms with Crippen LogP contribution in [0, 0.1) is 0 Å². The molecule has 0 spiro atoms. The molecule has 4 rings (SSSR count). The highest BCUT2D eigenvalue weighted by Gasteiger charge is 2.19. The van der Waals surface area contributed by atoms with Crippen LogP contribution in [0.3, 0.4) is 0 Å². The number of aromatic nitrogens is 2. The van der Waals surface area contributed by atoms with Crippen LogP contribution >= 0.6 is 0 Å².